The average molecular weight is 392 g/mol. The number of nitrogens with zero attached hydrogens (tertiary/aromatic N) is 3. The van der Waals surface area contributed by atoms with Gasteiger partial charge in [0.2, 0.25) is 5.88 Å². The Kier molecular flexibility index (Phi) is 3.87. The number of azo groups is 1. The topological polar surface area (TPSA) is 99.4 Å². The normalized spacial score (nSPS) is 14.0. The van der Waals surface area contributed by atoms with Crippen LogP contribution in [0.25, 0.3) is 16.6 Å². The van der Waals surface area contributed by atoms with E-state index in [0.717, 1.165) is 18.2 Å². The molecule has 1 aliphatic heterocycles. The van der Waals surface area contributed by atoms with Gasteiger partial charge in [0.1, 0.15) is 11.6 Å². The largest absolute Gasteiger partial charge is 0.573 e. The van der Waals surface area contributed by atoms with Crippen molar-refractivity contribution in [3.8, 4) is 11.6 Å². The summed E-state index contributed by atoms with van der Waals surface area (Å²) in [6.45, 7) is 0. The van der Waals surface area contributed by atoms with Crippen LogP contribution in [-0.4, -0.2) is 22.4 Å². The number of benzene rings is 2. The maximum atomic E-state index is 13.5. The molecule has 1 amide bonds. The van der Waals surface area contributed by atoms with Crippen molar-refractivity contribution in [1.82, 2.24) is 4.98 Å². The van der Waals surface area contributed by atoms with Crippen molar-refractivity contribution in [2.45, 2.75) is 6.36 Å². The summed E-state index contributed by atoms with van der Waals surface area (Å²) in [5.41, 5.74) is -0.0970. The molecule has 0 unspecified atom stereocenters. The molecule has 2 aromatic carbocycles. The van der Waals surface area contributed by atoms with E-state index >= 15 is 0 Å². The molecule has 0 bridgehead atoms. The molecule has 2 N–H and O–H groups in total. The standard InChI is InChI=1S/C17H8F4N4O3/c18-7-1-3-11-9(5-7)13(15(26)22-11)24-25-14-10-6-8(28-17(19,20)21)2-4-12(10)23-16(14)27/h1-6,22,26H. The number of ether oxygens (including phenoxy) is 1. The molecule has 4 rings (SSSR count). The number of H-pyrrole nitrogens is 1. The number of fused-ring (bicyclic) bond motifs is 2. The number of nitrogens with one attached hydrogen (secondary N) is 1. The highest BCUT2D eigenvalue weighted by Crippen LogP contribution is 2.36. The summed E-state index contributed by atoms with van der Waals surface area (Å²) in [4.78, 5) is 18.3. The van der Waals surface area contributed by atoms with Gasteiger partial charge < -0.3 is 14.8 Å². The van der Waals surface area contributed by atoms with Gasteiger partial charge in [0.05, 0.1) is 10.9 Å². The fourth-order valence-corrected chi connectivity index (χ4v) is 2.71. The molecular weight excluding hydrogens is 384 g/mol. The number of halogens is 4. The Morgan fingerprint density at radius 3 is 2.64 bits per heavy atom. The Morgan fingerprint density at radius 1 is 1.11 bits per heavy atom. The van der Waals surface area contributed by atoms with Crippen molar-refractivity contribution in [1.29, 1.82) is 0 Å². The van der Waals surface area contributed by atoms with E-state index in [2.05, 4.69) is 24.9 Å². The molecule has 3 aromatic rings. The number of aromatic hydroxyl groups is 1. The van der Waals surface area contributed by atoms with Crippen LogP contribution in [0, 0.1) is 5.82 Å². The number of amides is 1. The van der Waals surface area contributed by atoms with E-state index < -0.39 is 29.7 Å². The number of aromatic nitrogens is 1. The Hall–Kier alpha value is -3.76. The number of hydrogen-bond donors (Lipinski definition) is 2. The molecule has 11 heteroatoms. The molecule has 0 saturated heterocycles. The number of hydrogen-bond acceptors (Lipinski definition) is 5. The van der Waals surface area contributed by atoms with Crippen molar-refractivity contribution in [3.05, 3.63) is 52.8 Å². The molecule has 7 nitrogen and oxygen atoms in total. The second kappa shape index (κ2) is 6.15. The third-order valence-corrected chi connectivity index (χ3v) is 3.85. The highest BCUT2D eigenvalue weighted by Gasteiger charge is 2.31. The van der Waals surface area contributed by atoms with Gasteiger partial charge >= 0.3 is 6.36 Å². The van der Waals surface area contributed by atoms with E-state index in [-0.39, 0.29) is 27.3 Å². The second-order valence-electron chi connectivity index (χ2n) is 5.70. The van der Waals surface area contributed by atoms with Gasteiger partial charge in [-0.2, -0.15) is 0 Å². The van der Waals surface area contributed by atoms with Gasteiger partial charge in [-0.05, 0) is 36.4 Å². The molecule has 0 aliphatic carbocycles. The summed E-state index contributed by atoms with van der Waals surface area (Å²) in [7, 11) is 0. The van der Waals surface area contributed by atoms with Crippen LogP contribution < -0.4 is 15.3 Å². The number of carbonyl (C=O) groups is 1. The Labute approximate surface area is 152 Å². The fraction of sp³-hybridized carbons (Fsp3) is 0.0588. The first-order valence-electron chi connectivity index (χ1n) is 7.66. The lowest BCUT2D eigenvalue weighted by atomic mass is 10.2. The number of carbonyl (C=O) groups excluding carboxylic acids is 1. The van der Waals surface area contributed by atoms with E-state index in [1.54, 1.807) is 0 Å². The molecule has 0 saturated carbocycles. The Balaban J connectivity index is 1.82. The minimum absolute atomic E-state index is 0.0130. The summed E-state index contributed by atoms with van der Waals surface area (Å²) >= 11 is 0. The molecule has 1 aromatic heterocycles. The van der Waals surface area contributed by atoms with E-state index in [9.17, 15) is 27.5 Å². The highest BCUT2D eigenvalue weighted by atomic mass is 19.4. The lowest BCUT2D eigenvalue weighted by Crippen LogP contribution is -2.25. The Bertz CT molecular complexity index is 1280. The predicted molar refractivity (Wildman–Crippen MR) is 86.8 cm³/mol. The van der Waals surface area contributed by atoms with E-state index in [1.165, 1.54) is 18.2 Å². The van der Waals surface area contributed by atoms with Crippen LogP contribution in [0.15, 0.2) is 51.6 Å². The molecule has 0 radical (unpaired) electrons. The van der Waals surface area contributed by atoms with Crippen molar-refractivity contribution in [2.24, 2.45) is 15.2 Å². The van der Waals surface area contributed by atoms with E-state index in [4.69, 9.17) is 0 Å². The zero-order chi connectivity index (χ0) is 20.1. The van der Waals surface area contributed by atoms with Crippen LogP contribution in [0.5, 0.6) is 11.6 Å². The number of rotatable bonds is 3. The number of aromatic amines is 1. The first-order chi connectivity index (χ1) is 13.2. The lowest BCUT2D eigenvalue weighted by molar-refractivity contribution is -0.274. The van der Waals surface area contributed by atoms with Gasteiger partial charge in [0.25, 0.3) is 5.91 Å². The molecule has 2 heterocycles. The summed E-state index contributed by atoms with van der Waals surface area (Å²) in [6, 6.07) is 6.80. The van der Waals surface area contributed by atoms with Crippen molar-refractivity contribution in [2.75, 3.05) is 0 Å². The molecule has 0 spiro atoms. The maximum absolute atomic E-state index is 13.5. The average Bonchev–Trinajstić information content (AvgIpc) is 3.07. The van der Waals surface area contributed by atoms with Crippen molar-refractivity contribution >= 4 is 28.2 Å². The van der Waals surface area contributed by atoms with Crippen LogP contribution in [0.2, 0.25) is 0 Å². The first-order valence-corrected chi connectivity index (χ1v) is 7.66. The van der Waals surface area contributed by atoms with Crippen LogP contribution >= 0.6 is 0 Å². The molecule has 142 valence electrons. The van der Waals surface area contributed by atoms with Gasteiger partial charge in [-0.1, -0.05) is 0 Å². The minimum Gasteiger partial charge on any atom is -0.493 e. The van der Waals surface area contributed by atoms with E-state index in [1.807, 2.05) is 0 Å². The van der Waals surface area contributed by atoms with E-state index in [0.29, 0.717) is 5.52 Å². The quantitative estimate of drug-likeness (QED) is 0.530. The molecule has 0 atom stereocenters. The van der Waals surface area contributed by atoms with Crippen LogP contribution in [0.3, 0.4) is 0 Å². The second-order valence-corrected chi connectivity index (χ2v) is 5.70. The third kappa shape index (κ3) is 3.17. The van der Waals surface area contributed by atoms with Crippen LogP contribution in [-0.2, 0) is 4.79 Å². The zero-order valence-corrected chi connectivity index (χ0v) is 13.6. The summed E-state index contributed by atoms with van der Waals surface area (Å²) in [6.07, 6.45) is -4.91. The summed E-state index contributed by atoms with van der Waals surface area (Å²) in [5, 5.41) is 17.7. The SMILES string of the molecule is O=C1N=c2ccc(OC(F)(F)F)cc2=C1N=Nc1c(O)[nH]c2ccc(F)cc12. The summed E-state index contributed by atoms with van der Waals surface area (Å²) in [5.74, 6) is -2.38. The van der Waals surface area contributed by atoms with Crippen LogP contribution in [0.1, 0.15) is 0 Å². The molecule has 1 aliphatic rings. The fourth-order valence-electron chi connectivity index (χ4n) is 2.71. The first kappa shape index (κ1) is 17.6. The highest BCUT2D eigenvalue weighted by molar-refractivity contribution is 6.14. The predicted octanol–water partition coefficient (Wildman–Crippen LogP) is 2.96. The number of alkyl halides is 3. The monoisotopic (exact) mass is 392 g/mol. The van der Waals surface area contributed by atoms with Gasteiger partial charge in [0, 0.05) is 10.6 Å². The van der Waals surface area contributed by atoms with Crippen LogP contribution in [0.4, 0.5) is 23.2 Å². The third-order valence-electron chi connectivity index (χ3n) is 3.85. The maximum Gasteiger partial charge on any atom is 0.573 e. The van der Waals surface area contributed by atoms with Gasteiger partial charge in [-0.3, -0.25) is 4.79 Å². The Morgan fingerprint density at radius 2 is 1.89 bits per heavy atom. The zero-order valence-electron chi connectivity index (χ0n) is 13.6. The summed E-state index contributed by atoms with van der Waals surface area (Å²) < 4.78 is 54.5. The van der Waals surface area contributed by atoms with Crippen molar-refractivity contribution in [3.63, 3.8) is 0 Å². The van der Waals surface area contributed by atoms with Gasteiger partial charge in [-0.15, -0.1) is 23.4 Å². The molecule has 0 fully saturated rings. The van der Waals surface area contributed by atoms with Crippen molar-refractivity contribution < 1.29 is 32.2 Å². The molecule has 28 heavy (non-hydrogen) atoms. The smallest absolute Gasteiger partial charge is 0.493 e. The van der Waals surface area contributed by atoms with Gasteiger partial charge in [-0.25, -0.2) is 9.38 Å². The van der Waals surface area contributed by atoms with Gasteiger partial charge in [0.15, 0.2) is 11.4 Å². The minimum atomic E-state index is -4.91. The molecular formula is C17H8F4N4O3. The lowest BCUT2D eigenvalue weighted by Gasteiger charge is -2.07.